The number of nitrogens with zero attached hydrogens (tertiary/aromatic N) is 1. The van der Waals surface area contributed by atoms with Gasteiger partial charge in [-0.25, -0.2) is 12.8 Å². The number of hydrogen-bond acceptors (Lipinski definition) is 3. The molecule has 0 bridgehead atoms. The minimum atomic E-state index is -3.78. The summed E-state index contributed by atoms with van der Waals surface area (Å²) in [5, 5.41) is 0. The molecule has 1 aliphatic rings. The molecular weight excluding hydrogens is 303 g/mol. The molecule has 0 saturated carbocycles. The fourth-order valence-corrected chi connectivity index (χ4v) is 4.28. The molecule has 0 radical (unpaired) electrons. The first-order valence-electron chi connectivity index (χ1n) is 6.25. The van der Waals surface area contributed by atoms with Gasteiger partial charge in [0.15, 0.2) is 0 Å². The van der Waals surface area contributed by atoms with Gasteiger partial charge in [0.2, 0.25) is 10.0 Å². The molecule has 2 N–H and O–H groups in total. The van der Waals surface area contributed by atoms with Crippen molar-refractivity contribution in [1.29, 1.82) is 0 Å². The molecule has 1 unspecified atom stereocenters. The van der Waals surface area contributed by atoms with Gasteiger partial charge in [0.25, 0.3) is 0 Å². The van der Waals surface area contributed by atoms with E-state index in [1.165, 1.54) is 16.4 Å². The van der Waals surface area contributed by atoms with Gasteiger partial charge in [0.1, 0.15) is 10.7 Å². The molecule has 114 valence electrons. The van der Waals surface area contributed by atoms with Crippen molar-refractivity contribution in [3.05, 3.63) is 29.6 Å². The van der Waals surface area contributed by atoms with Crippen molar-refractivity contribution in [2.45, 2.75) is 25.2 Å². The van der Waals surface area contributed by atoms with E-state index in [2.05, 4.69) is 0 Å². The lowest BCUT2D eigenvalue weighted by molar-refractivity contribution is 0.349. The van der Waals surface area contributed by atoms with Crippen molar-refractivity contribution in [3.63, 3.8) is 0 Å². The molecule has 1 atom stereocenters. The van der Waals surface area contributed by atoms with Crippen LogP contribution < -0.4 is 5.73 Å². The highest BCUT2D eigenvalue weighted by atomic mass is 35.5. The Morgan fingerprint density at radius 3 is 2.60 bits per heavy atom. The molecule has 4 nitrogen and oxygen atoms in total. The van der Waals surface area contributed by atoms with E-state index in [-0.39, 0.29) is 22.7 Å². The largest absolute Gasteiger partial charge is 0.330 e. The fourth-order valence-electron chi connectivity index (χ4n) is 2.42. The minimum Gasteiger partial charge on any atom is -0.330 e. The summed E-state index contributed by atoms with van der Waals surface area (Å²) in [5.41, 5.74) is 5.89. The smallest absolute Gasteiger partial charge is 0.246 e. The van der Waals surface area contributed by atoms with Crippen LogP contribution in [0.5, 0.6) is 0 Å². The zero-order chi connectivity index (χ0) is 14.3. The predicted molar refractivity (Wildman–Crippen MR) is 78.9 cm³/mol. The van der Waals surface area contributed by atoms with Gasteiger partial charge >= 0.3 is 0 Å². The Hall–Kier alpha value is -0.690. The van der Waals surface area contributed by atoms with Crippen molar-refractivity contribution < 1.29 is 12.8 Å². The number of aryl methyl sites for hydroxylation is 1. The van der Waals surface area contributed by atoms with E-state index >= 15 is 0 Å². The average Bonchev–Trinajstić information content (AvgIpc) is 2.73. The highest BCUT2D eigenvalue weighted by molar-refractivity contribution is 7.89. The van der Waals surface area contributed by atoms with E-state index in [1.54, 1.807) is 13.0 Å². The molecule has 0 aliphatic carbocycles. The summed E-state index contributed by atoms with van der Waals surface area (Å²) >= 11 is 0. The van der Waals surface area contributed by atoms with Crippen LogP contribution in [0.15, 0.2) is 23.1 Å². The lowest BCUT2D eigenvalue weighted by Crippen LogP contribution is -2.35. The first-order valence-corrected chi connectivity index (χ1v) is 7.69. The average molecular weight is 323 g/mol. The molecule has 1 aromatic carbocycles. The van der Waals surface area contributed by atoms with Crippen LogP contribution in [0.2, 0.25) is 0 Å². The van der Waals surface area contributed by atoms with Gasteiger partial charge in [0.05, 0.1) is 0 Å². The summed E-state index contributed by atoms with van der Waals surface area (Å²) in [6.07, 6.45) is 0.705. The summed E-state index contributed by atoms with van der Waals surface area (Å²) in [4.78, 5) is -0.212. The Labute approximate surface area is 125 Å². The van der Waals surface area contributed by atoms with Crippen molar-refractivity contribution >= 4 is 22.4 Å². The summed E-state index contributed by atoms with van der Waals surface area (Å²) < 4.78 is 40.2. The molecule has 1 heterocycles. The zero-order valence-electron chi connectivity index (χ0n) is 11.6. The standard InChI is InChI=1S/C13H19FN2O2S.ClH/c1-10-4-3-5-11(14)12(10)19(17,18)16-7-6-13(2,8-15)9-16;/h3-5H,6-9,15H2,1-2H3;1H. The van der Waals surface area contributed by atoms with Crippen LogP contribution >= 0.6 is 12.4 Å². The molecule has 1 aromatic rings. The van der Waals surface area contributed by atoms with Crippen LogP contribution in [0.25, 0.3) is 0 Å². The highest BCUT2D eigenvalue weighted by Crippen LogP contribution is 2.33. The Morgan fingerprint density at radius 2 is 2.10 bits per heavy atom. The zero-order valence-corrected chi connectivity index (χ0v) is 13.2. The van der Waals surface area contributed by atoms with Crippen LogP contribution in [0, 0.1) is 18.2 Å². The van der Waals surface area contributed by atoms with Crippen molar-refractivity contribution in [2.75, 3.05) is 19.6 Å². The summed E-state index contributed by atoms with van der Waals surface area (Å²) in [7, 11) is -3.78. The maximum absolute atomic E-state index is 13.8. The summed E-state index contributed by atoms with van der Waals surface area (Å²) in [5.74, 6) is -0.693. The Bertz CT molecular complexity index is 574. The van der Waals surface area contributed by atoms with Gasteiger partial charge in [0, 0.05) is 13.1 Å². The predicted octanol–water partition coefficient (Wildman–Crippen LogP) is 1.92. The molecule has 1 fully saturated rings. The molecule has 1 saturated heterocycles. The van der Waals surface area contributed by atoms with E-state index in [9.17, 15) is 12.8 Å². The van der Waals surface area contributed by atoms with Gasteiger partial charge in [-0.2, -0.15) is 4.31 Å². The monoisotopic (exact) mass is 322 g/mol. The second-order valence-electron chi connectivity index (χ2n) is 5.49. The van der Waals surface area contributed by atoms with Crippen LogP contribution in [-0.2, 0) is 10.0 Å². The normalized spacial score (nSPS) is 23.6. The molecule has 7 heteroatoms. The van der Waals surface area contributed by atoms with E-state index in [4.69, 9.17) is 5.73 Å². The van der Waals surface area contributed by atoms with Crippen LogP contribution in [0.1, 0.15) is 18.9 Å². The van der Waals surface area contributed by atoms with E-state index < -0.39 is 15.8 Å². The van der Waals surface area contributed by atoms with E-state index in [1.807, 2.05) is 6.92 Å². The molecule has 0 amide bonds. The molecule has 1 aliphatic heterocycles. The molecule has 0 spiro atoms. The Kier molecular flexibility index (Phi) is 5.18. The second kappa shape index (κ2) is 5.97. The number of hydrogen-bond donors (Lipinski definition) is 1. The van der Waals surface area contributed by atoms with Gasteiger partial charge in [-0.05, 0) is 36.9 Å². The number of sulfonamides is 1. The van der Waals surface area contributed by atoms with Crippen molar-refractivity contribution in [3.8, 4) is 0 Å². The van der Waals surface area contributed by atoms with Crippen LogP contribution in [-0.4, -0.2) is 32.4 Å². The molecule has 20 heavy (non-hydrogen) atoms. The Balaban J connectivity index is 0.00000200. The maximum atomic E-state index is 13.8. The summed E-state index contributed by atoms with van der Waals surface area (Å²) in [6.45, 7) is 4.73. The van der Waals surface area contributed by atoms with Crippen molar-refractivity contribution in [2.24, 2.45) is 11.1 Å². The van der Waals surface area contributed by atoms with E-state index in [0.29, 0.717) is 31.6 Å². The number of nitrogens with two attached hydrogens (primary N) is 1. The van der Waals surface area contributed by atoms with Gasteiger partial charge in [-0.3, -0.25) is 0 Å². The Morgan fingerprint density at radius 1 is 1.45 bits per heavy atom. The molecule has 0 aromatic heterocycles. The first kappa shape index (κ1) is 17.4. The lowest BCUT2D eigenvalue weighted by Gasteiger charge is -2.23. The van der Waals surface area contributed by atoms with Gasteiger partial charge < -0.3 is 5.73 Å². The maximum Gasteiger partial charge on any atom is 0.246 e. The third kappa shape index (κ3) is 2.98. The summed E-state index contributed by atoms with van der Waals surface area (Å²) in [6, 6.07) is 4.30. The number of rotatable bonds is 3. The topological polar surface area (TPSA) is 63.4 Å². The first-order chi connectivity index (χ1) is 8.80. The second-order valence-corrected chi connectivity index (χ2v) is 7.36. The fraction of sp³-hybridized carbons (Fsp3) is 0.538. The number of halogens is 2. The SMILES string of the molecule is Cc1cccc(F)c1S(=O)(=O)N1CCC(C)(CN)C1.Cl. The highest BCUT2D eigenvalue weighted by Gasteiger charge is 2.40. The molecule has 2 rings (SSSR count). The van der Waals surface area contributed by atoms with E-state index in [0.717, 1.165) is 0 Å². The van der Waals surface area contributed by atoms with Crippen LogP contribution in [0.4, 0.5) is 4.39 Å². The van der Waals surface area contributed by atoms with Gasteiger partial charge in [-0.1, -0.05) is 19.1 Å². The quantitative estimate of drug-likeness (QED) is 0.924. The minimum absolute atomic E-state index is 0. The third-order valence-corrected chi connectivity index (χ3v) is 5.80. The van der Waals surface area contributed by atoms with Crippen molar-refractivity contribution in [1.82, 2.24) is 4.31 Å². The lowest BCUT2D eigenvalue weighted by atomic mass is 9.90. The van der Waals surface area contributed by atoms with Crippen LogP contribution in [0.3, 0.4) is 0 Å². The molecular formula is C13H20ClFN2O2S. The van der Waals surface area contributed by atoms with Gasteiger partial charge in [-0.15, -0.1) is 12.4 Å². The number of benzene rings is 1. The third-order valence-electron chi connectivity index (χ3n) is 3.78.